The lowest BCUT2D eigenvalue weighted by Gasteiger charge is -2.31. The van der Waals surface area contributed by atoms with Crippen LogP contribution in [0.3, 0.4) is 0 Å². The van der Waals surface area contributed by atoms with Gasteiger partial charge in [-0.2, -0.15) is 0 Å². The van der Waals surface area contributed by atoms with Gasteiger partial charge >= 0.3 is 6.09 Å². The second-order valence-electron chi connectivity index (χ2n) is 6.93. The minimum atomic E-state index is -0.650. The van der Waals surface area contributed by atoms with Gasteiger partial charge in [-0.3, -0.25) is 9.59 Å². The average molecular weight is 364 g/mol. The van der Waals surface area contributed by atoms with Crippen LogP contribution < -0.4 is 0 Å². The van der Waals surface area contributed by atoms with E-state index in [4.69, 9.17) is 4.84 Å². The monoisotopic (exact) mass is 364 g/mol. The number of amides is 3. The van der Waals surface area contributed by atoms with Crippen LogP contribution in [0.25, 0.3) is 0 Å². The summed E-state index contributed by atoms with van der Waals surface area (Å²) in [7, 11) is 0. The number of hydroxylamine groups is 2. The van der Waals surface area contributed by atoms with Gasteiger partial charge in [0, 0.05) is 13.1 Å². The Kier molecular flexibility index (Phi) is 4.62. The lowest BCUT2D eigenvalue weighted by molar-refractivity contribution is -0.0594. The highest BCUT2D eigenvalue weighted by molar-refractivity contribution is 6.20. The highest BCUT2D eigenvalue weighted by atomic mass is 16.7. The van der Waals surface area contributed by atoms with E-state index in [0.29, 0.717) is 24.1 Å². The Morgan fingerprint density at radius 1 is 0.889 bits per heavy atom. The number of rotatable bonds is 3. The summed E-state index contributed by atoms with van der Waals surface area (Å²) in [4.78, 5) is 43.7. The van der Waals surface area contributed by atoms with Gasteiger partial charge in [0.05, 0.1) is 11.1 Å². The lowest BCUT2D eigenvalue weighted by Crippen LogP contribution is -2.43. The Bertz CT molecular complexity index is 838. The molecule has 0 bridgehead atoms. The molecule has 27 heavy (non-hydrogen) atoms. The highest BCUT2D eigenvalue weighted by Gasteiger charge is 2.39. The van der Waals surface area contributed by atoms with E-state index in [1.165, 1.54) is 5.56 Å². The van der Waals surface area contributed by atoms with Crippen molar-refractivity contribution in [2.24, 2.45) is 5.92 Å². The molecule has 2 aliphatic heterocycles. The maximum absolute atomic E-state index is 12.4. The minimum absolute atomic E-state index is 0.261. The van der Waals surface area contributed by atoms with Crippen LogP contribution in [-0.4, -0.2) is 41.0 Å². The van der Waals surface area contributed by atoms with Gasteiger partial charge in [0.2, 0.25) is 0 Å². The van der Waals surface area contributed by atoms with Gasteiger partial charge in [-0.05, 0) is 42.9 Å². The molecule has 2 aliphatic rings. The first kappa shape index (κ1) is 17.3. The minimum Gasteiger partial charge on any atom is -0.310 e. The van der Waals surface area contributed by atoms with Gasteiger partial charge in [0.1, 0.15) is 0 Å². The third kappa shape index (κ3) is 3.43. The van der Waals surface area contributed by atoms with Crippen LogP contribution in [0.1, 0.15) is 39.1 Å². The van der Waals surface area contributed by atoms with Crippen LogP contribution in [0.4, 0.5) is 4.79 Å². The molecule has 6 heteroatoms. The fourth-order valence-electron chi connectivity index (χ4n) is 3.65. The fourth-order valence-corrected chi connectivity index (χ4v) is 3.65. The zero-order chi connectivity index (χ0) is 18.8. The summed E-state index contributed by atoms with van der Waals surface area (Å²) in [5.41, 5.74) is 1.82. The molecule has 3 amide bonds. The van der Waals surface area contributed by atoms with Crippen molar-refractivity contribution >= 4 is 17.9 Å². The summed E-state index contributed by atoms with van der Waals surface area (Å²) in [5, 5.41) is 0.572. The number of carbonyl (C=O) groups excluding carboxylic acids is 3. The third-order valence-electron chi connectivity index (χ3n) is 5.17. The van der Waals surface area contributed by atoms with Crippen LogP contribution in [0, 0.1) is 5.92 Å². The van der Waals surface area contributed by atoms with Crippen molar-refractivity contribution in [3.8, 4) is 0 Å². The quantitative estimate of drug-likeness (QED) is 0.784. The van der Waals surface area contributed by atoms with Gasteiger partial charge in [0.15, 0.2) is 0 Å². The molecule has 0 saturated carbocycles. The normalized spacial score (nSPS) is 17.2. The molecule has 1 saturated heterocycles. The van der Waals surface area contributed by atoms with Crippen LogP contribution in [0.2, 0.25) is 0 Å². The van der Waals surface area contributed by atoms with Crippen molar-refractivity contribution in [1.82, 2.24) is 9.96 Å². The molecule has 0 N–H and O–H groups in total. The van der Waals surface area contributed by atoms with Crippen LogP contribution in [0.15, 0.2) is 54.6 Å². The molecule has 0 spiro atoms. The molecule has 0 unspecified atom stereocenters. The molecule has 2 heterocycles. The molecule has 6 nitrogen and oxygen atoms in total. The summed E-state index contributed by atoms with van der Waals surface area (Å²) < 4.78 is 0. The van der Waals surface area contributed by atoms with Gasteiger partial charge in [-0.1, -0.05) is 47.5 Å². The summed E-state index contributed by atoms with van der Waals surface area (Å²) in [6, 6.07) is 16.7. The molecule has 2 aromatic carbocycles. The first-order valence-electron chi connectivity index (χ1n) is 9.12. The molecule has 0 atom stereocenters. The van der Waals surface area contributed by atoms with Crippen LogP contribution in [0.5, 0.6) is 0 Å². The number of fused-ring (bicyclic) bond motifs is 1. The molecular formula is C21H20N2O4. The van der Waals surface area contributed by atoms with E-state index in [-0.39, 0.29) is 11.1 Å². The summed E-state index contributed by atoms with van der Waals surface area (Å²) >= 11 is 0. The first-order chi connectivity index (χ1) is 13.1. The van der Waals surface area contributed by atoms with E-state index < -0.39 is 17.9 Å². The largest absolute Gasteiger partial charge is 0.434 e. The Morgan fingerprint density at radius 3 is 2.04 bits per heavy atom. The van der Waals surface area contributed by atoms with E-state index in [2.05, 4.69) is 12.1 Å². The average Bonchev–Trinajstić information content (AvgIpc) is 2.94. The number of benzene rings is 2. The molecule has 138 valence electrons. The van der Waals surface area contributed by atoms with E-state index in [1.54, 1.807) is 29.2 Å². The van der Waals surface area contributed by atoms with Gasteiger partial charge in [-0.15, -0.1) is 0 Å². The SMILES string of the molecule is O=C(ON1C(=O)c2ccccc2C1=O)N1CCC(Cc2ccccc2)CC1. The molecular weight excluding hydrogens is 344 g/mol. The van der Waals surface area contributed by atoms with Gasteiger partial charge < -0.3 is 9.74 Å². The molecule has 0 radical (unpaired) electrons. The Balaban J connectivity index is 1.33. The van der Waals surface area contributed by atoms with Crippen molar-refractivity contribution in [2.45, 2.75) is 19.3 Å². The van der Waals surface area contributed by atoms with Crippen molar-refractivity contribution in [1.29, 1.82) is 0 Å². The number of likely N-dealkylation sites (tertiary alicyclic amines) is 1. The molecule has 0 aromatic heterocycles. The smallest absolute Gasteiger partial charge is 0.310 e. The standard InChI is InChI=1S/C21H20N2O4/c24-19-17-8-4-5-9-18(17)20(25)23(19)27-21(26)22-12-10-16(11-13-22)14-15-6-2-1-3-7-15/h1-9,16H,10-14H2. The molecule has 4 rings (SSSR count). The van der Waals surface area contributed by atoms with Crippen molar-refractivity contribution in [3.05, 3.63) is 71.3 Å². The van der Waals surface area contributed by atoms with E-state index in [0.717, 1.165) is 19.3 Å². The predicted molar refractivity (Wildman–Crippen MR) is 97.9 cm³/mol. The molecule has 1 fully saturated rings. The number of hydrogen-bond acceptors (Lipinski definition) is 4. The first-order valence-corrected chi connectivity index (χ1v) is 9.12. The Hall–Kier alpha value is -3.15. The topological polar surface area (TPSA) is 66.9 Å². The Morgan fingerprint density at radius 2 is 1.44 bits per heavy atom. The van der Waals surface area contributed by atoms with E-state index >= 15 is 0 Å². The number of nitrogens with zero attached hydrogens (tertiary/aromatic N) is 2. The highest BCUT2D eigenvalue weighted by Crippen LogP contribution is 2.25. The maximum atomic E-state index is 12.4. The fraction of sp³-hybridized carbons (Fsp3) is 0.286. The lowest BCUT2D eigenvalue weighted by atomic mass is 9.90. The van der Waals surface area contributed by atoms with E-state index in [9.17, 15) is 14.4 Å². The summed E-state index contributed by atoms with van der Waals surface area (Å²) in [5.74, 6) is -0.679. The van der Waals surface area contributed by atoms with Gasteiger partial charge in [0.25, 0.3) is 11.8 Å². The number of hydrogen-bond donors (Lipinski definition) is 0. The third-order valence-corrected chi connectivity index (χ3v) is 5.17. The molecule has 0 aliphatic carbocycles. The molecule has 2 aromatic rings. The van der Waals surface area contributed by atoms with Crippen LogP contribution in [-0.2, 0) is 11.3 Å². The second kappa shape index (κ2) is 7.23. The number of imide groups is 1. The van der Waals surface area contributed by atoms with Gasteiger partial charge in [-0.25, -0.2) is 4.79 Å². The number of piperidine rings is 1. The Labute approximate surface area is 157 Å². The summed E-state index contributed by atoms with van der Waals surface area (Å²) in [6.45, 7) is 1.11. The number of carbonyl (C=O) groups is 3. The zero-order valence-electron chi connectivity index (χ0n) is 14.8. The van der Waals surface area contributed by atoms with Crippen LogP contribution >= 0.6 is 0 Å². The predicted octanol–water partition coefficient (Wildman–Crippen LogP) is 3.29. The zero-order valence-corrected chi connectivity index (χ0v) is 14.8. The van der Waals surface area contributed by atoms with Crippen molar-refractivity contribution < 1.29 is 19.2 Å². The van der Waals surface area contributed by atoms with Crippen molar-refractivity contribution in [2.75, 3.05) is 13.1 Å². The maximum Gasteiger partial charge on any atom is 0.434 e. The van der Waals surface area contributed by atoms with Crippen molar-refractivity contribution in [3.63, 3.8) is 0 Å². The second-order valence-corrected chi connectivity index (χ2v) is 6.93. The summed E-state index contributed by atoms with van der Waals surface area (Å²) in [6.07, 6.45) is 2.07. The van der Waals surface area contributed by atoms with E-state index in [1.807, 2.05) is 18.2 Å².